The van der Waals surface area contributed by atoms with Crippen LogP contribution in [0.1, 0.15) is 15.9 Å². The molecule has 1 aliphatic rings. The number of phenolic OH excluding ortho intramolecular Hbond substituents is 1. The fourth-order valence-electron chi connectivity index (χ4n) is 2.79. The fourth-order valence-corrected chi connectivity index (χ4v) is 3.20. The molecule has 1 saturated heterocycles. The van der Waals surface area contributed by atoms with E-state index in [-0.39, 0.29) is 5.91 Å². The summed E-state index contributed by atoms with van der Waals surface area (Å²) in [6, 6.07) is 14.9. The highest BCUT2D eigenvalue weighted by molar-refractivity contribution is 9.10. The molecule has 0 atom stereocenters. The summed E-state index contributed by atoms with van der Waals surface area (Å²) in [6.45, 7) is 3.73. The van der Waals surface area contributed by atoms with Crippen LogP contribution < -0.4 is 0 Å². The quantitative estimate of drug-likeness (QED) is 0.897. The van der Waals surface area contributed by atoms with Gasteiger partial charge in [-0.25, -0.2) is 0 Å². The van der Waals surface area contributed by atoms with Crippen LogP contribution in [0.2, 0.25) is 0 Å². The van der Waals surface area contributed by atoms with Gasteiger partial charge in [0, 0.05) is 48.3 Å². The van der Waals surface area contributed by atoms with E-state index in [0.29, 0.717) is 25.4 Å². The number of piperazine rings is 1. The summed E-state index contributed by atoms with van der Waals surface area (Å²) >= 11 is 3.43. The third-order valence-electron chi connectivity index (χ3n) is 4.12. The molecular weight excluding hydrogens is 356 g/mol. The van der Waals surface area contributed by atoms with Gasteiger partial charge in [0.25, 0.3) is 5.91 Å². The zero-order valence-electron chi connectivity index (χ0n) is 12.8. The summed E-state index contributed by atoms with van der Waals surface area (Å²) in [5, 5.41) is 9.94. The van der Waals surface area contributed by atoms with Crippen LogP contribution in [-0.4, -0.2) is 47.0 Å². The smallest absolute Gasteiger partial charge is 0.253 e. The minimum atomic E-state index is 0.0931. The topological polar surface area (TPSA) is 43.8 Å². The number of aromatic hydroxyl groups is 1. The van der Waals surface area contributed by atoms with Crippen LogP contribution in [-0.2, 0) is 6.54 Å². The predicted molar refractivity (Wildman–Crippen MR) is 93.4 cm³/mol. The molecule has 23 heavy (non-hydrogen) atoms. The number of phenols is 1. The Kier molecular flexibility index (Phi) is 4.98. The molecule has 1 N–H and O–H groups in total. The normalized spacial score (nSPS) is 15.6. The van der Waals surface area contributed by atoms with Crippen LogP contribution in [0.25, 0.3) is 0 Å². The van der Waals surface area contributed by atoms with Gasteiger partial charge in [-0.3, -0.25) is 9.69 Å². The molecule has 0 aromatic heterocycles. The van der Waals surface area contributed by atoms with Crippen molar-refractivity contribution < 1.29 is 9.90 Å². The van der Waals surface area contributed by atoms with Crippen molar-refractivity contribution in [2.24, 2.45) is 0 Å². The Bertz CT molecular complexity index is 683. The van der Waals surface area contributed by atoms with Crippen LogP contribution in [0.5, 0.6) is 5.75 Å². The Morgan fingerprint density at radius 3 is 2.43 bits per heavy atom. The molecule has 1 heterocycles. The minimum absolute atomic E-state index is 0.0931. The summed E-state index contributed by atoms with van der Waals surface area (Å²) < 4.78 is 0.961. The lowest BCUT2D eigenvalue weighted by atomic mass is 10.1. The molecule has 4 nitrogen and oxygen atoms in total. The van der Waals surface area contributed by atoms with E-state index >= 15 is 0 Å². The summed E-state index contributed by atoms with van der Waals surface area (Å²) in [5.41, 5.74) is 1.65. The molecule has 0 unspecified atom stereocenters. The lowest BCUT2D eigenvalue weighted by Crippen LogP contribution is -2.48. The molecule has 2 aromatic carbocycles. The summed E-state index contributed by atoms with van der Waals surface area (Å²) in [7, 11) is 0. The molecule has 0 radical (unpaired) electrons. The van der Waals surface area contributed by atoms with Crippen molar-refractivity contribution in [3.05, 3.63) is 64.1 Å². The van der Waals surface area contributed by atoms with E-state index in [1.165, 1.54) is 0 Å². The maximum Gasteiger partial charge on any atom is 0.253 e. The van der Waals surface area contributed by atoms with Crippen molar-refractivity contribution in [1.82, 2.24) is 9.80 Å². The van der Waals surface area contributed by atoms with Gasteiger partial charge in [-0.1, -0.05) is 34.1 Å². The van der Waals surface area contributed by atoms with Gasteiger partial charge in [0.1, 0.15) is 5.75 Å². The van der Waals surface area contributed by atoms with Crippen molar-refractivity contribution in [3.8, 4) is 5.75 Å². The molecule has 120 valence electrons. The molecule has 0 spiro atoms. The number of hydrogen-bond donors (Lipinski definition) is 1. The van der Waals surface area contributed by atoms with E-state index in [0.717, 1.165) is 28.7 Å². The maximum absolute atomic E-state index is 12.4. The van der Waals surface area contributed by atoms with Gasteiger partial charge in [0.2, 0.25) is 0 Å². The van der Waals surface area contributed by atoms with E-state index in [1.54, 1.807) is 6.07 Å². The number of rotatable bonds is 3. The Hall–Kier alpha value is -1.85. The largest absolute Gasteiger partial charge is 0.508 e. The zero-order valence-corrected chi connectivity index (χ0v) is 14.4. The highest BCUT2D eigenvalue weighted by atomic mass is 79.9. The third kappa shape index (κ3) is 3.92. The Morgan fingerprint density at radius 1 is 1.04 bits per heavy atom. The molecular formula is C18H19BrN2O2. The molecule has 1 fully saturated rings. The first-order valence-corrected chi connectivity index (χ1v) is 8.47. The highest BCUT2D eigenvalue weighted by Crippen LogP contribution is 2.23. The fraction of sp³-hybridized carbons (Fsp3) is 0.278. The molecule has 0 bridgehead atoms. The van der Waals surface area contributed by atoms with Gasteiger partial charge in [0.15, 0.2) is 0 Å². The Labute approximate surface area is 144 Å². The van der Waals surface area contributed by atoms with Crippen molar-refractivity contribution in [3.63, 3.8) is 0 Å². The van der Waals surface area contributed by atoms with E-state index in [9.17, 15) is 9.90 Å². The van der Waals surface area contributed by atoms with Gasteiger partial charge in [-0.15, -0.1) is 0 Å². The monoisotopic (exact) mass is 374 g/mol. The van der Waals surface area contributed by atoms with Gasteiger partial charge in [-0.05, 0) is 30.3 Å². The number of nitrogens with zero attached hydrogens (tertiary/aromatic N) is 2. The summed E-state index contributed by atoms with van der Waals surface area (Å²) in [4.78, 5) is 16.6. The predicted octanol–water partition coefficient (Wildman–Crippen LogP) is 3.11. The summed E-state index contributed by atoms with van der Waals surface area (Å²) in [5.74, 6) is 0.409. The van der Waals surface area contributed by atoms with E-state index in [2.05, 4.69) is 20.8 Å². The molecule has 0 aliphatic carbocycles. The molecule has 5 heteroatoms. The third-order valence-corrected chi connectivity index (χ3v) is 4.61. The van der Waals surface area contributed by atoms with Crippen LogP contribution in [0, 0.1) is 0 Å². The standard InChI is InChI=1S/C18H19BrN2O2/c19-16-6-7-17(22)15(12-16)13-20-8-10-21(11-9-20)18(23)14-4-2-1-3-5-14/h1-7,12,22H,8-11,13H2. The Morgan fingerprint density at radius 2 is 1.74 bits per heavy atom. The second-order valence-corrected chi connectivity index (χ2v) is 6.62. The molecule has 1 aliphatic heterocycles. The second kappa shape index (κ2) is 7.15. The first kappa shape index (κ1) is 16.0. The number of halogens is 1. The lowest BCUT2D eigenvalue weighted by Gasteiger charge is -2.35. The molecule has 0 saturated carbocycles. The zero-order chi connectivity index (χ0) is 16.2. The first-order chi connectivity index (χ1) is 11.1. The summed E-state index contributed by atoms with van der Waals surface area (Å²) in [6.07, 6.45) is 0. The van der Waals surface area contributed by atoms with E-state index in [4.69, 9.17) is 0 Å². The van der Waals surface area contributed by atoms with Gasteiger partial charge >= 0.3 is 0 Å². The average molecular weight is 375 g/mol. The van der Waals surface area contributed by atoms with Crippen molar-refractivity contribution >= 4 is 21.8 Å². The van der Waals surface area contributed by atoms with Crippen LogP contribution in [0.4, 0.5) is 0 Å². The number of hydrogen-bond acceptors (Lipinski definition) is 3. The van der Waals surface area contributed by atoms with Crippen LogP contribution in [0.15, 0.2) is 53.0 Å². The van der Waals surface area contributed by atoms with Crippen LogP contribution >= 0.6 is 15.9 Å². The second-order valence-electron chi connectivity index (χ2n) is 5.71. The maximum atomic E-state index is 12.4. The lowest BCUT2D eigenvalue weighted by molar-refractivity contribution is 0.0627. The number of amides is 1. The van der Waals surface area contributed by atoms with Gasteiger partial charge in [0.05, 0.1) is 0 Å². The first-order valence-electron chi connectivity index (χ1n) is 7.67. The van der Waals surface area contributed by atoms with Gasteiger partial charge < -0.3 is 10.0 Å². The number of benzene rings is 2. The minimum Gasteiger partial charge on any atom is -0.508 e. The SMILES string of the molecule is O=C(c1ccccc1)N1CCN(Cc2cc(Br)ccc2O)CC1. The van der Waals surface area contributed by atoms with Crippen molar-refractivity contribution in [2.75, 3.05) is 26.2 Å². The number of carbonyl (C=O) groups excluding carboxylic acids is 1. The van der Waals surface area contributed by atoms with E-state index < -0.39 is 0 Å². The molecule has 3 rings (SSSR count). The molecule has 2 aromatic rings. The van der Waals surface area contributed by atoms with Crippen molar-refractivity contribution in [2.45, 2.75) is 6.54 Å². The van der Waals surface area contributed by atoms with E-state index in [1.807, 2.05) is 47.4 Å². The van der Waals surface area contributed by atoms with Crippen LogP contribution in [0.3, 0.4) is 0 Å². The number of carbonyl (C=O) groups is 1. The van der Waals surface area contributed by atoms with Gasteiger partial charge in [-0.2, -0.15) is 0 Å². The molecule has 1 amide bonds. The average Bonchev–Trinajstić information content (AvgIpc) is 2.59. The Balaban J connectivity index is 1.58. The highest BCUT2D eigenvalue weighted by Gasteiger charge is 2.22. The van der Waals surface area contributed by atoms with Crippen molar-refractivity contribution in [1.29, 1.82) is 0 Å².